The van der Waals surface area contributed by atoms with Gasteiger partial charge in [-0.2, -0.15) is 0 Å². The van der Waals surface area contributed by atoms with Crippen LogP contribution in [-0.4, -0.2) is 35.8 Å². The predicted octanol–water partition coefficient (Wildman–Crippen LogP) is -0.408. The Kier molecular flexibility index (Phi) is 4.55. The highest BCUT2D eigenvalue weighted by Gasteiger charge is 2.18. The zero-order chi connectivity index (χ0) is 11.3. The van der Waals surface area contributed by atoms with Gasteiger partial charge in [-0.15, -0.1) is 0 Å². The predicted molar refractivity (Wildman–Crippen MR) is 56.8 cm³/mol. The zero-order valence-corrected chi connectivity index (χ0v) is 8.95. The summed E-state index contributed by atoms with van der Waals surface area (Å²) in [6.07, 6.45) is 4.03. The van der Waals surface area contributed by atoms with Crippen LogP contribution in [0.15, 0.2) is 0 Å². The molecule has 0 bridgehead atoms. The topological polar surface area (TPSA) is 89.4 Å². The van der Waals surface area contributed by atoms with Crippen LogP contribution in [0.1, 0.15) is 32.1 Å². The second-order valence-corrected chi connectivity index (χ2v) is 3.99. The van der Waals surface area contributed by atoms with E-state index in [1.54, 1.807) is 0 Å². The van der Waals surface area contributed by atoms with Crippen LogP contribution in [0.5, 0.6) is 0 Å². The molecule has 0 saturated carbocycles. The van der Waals surface area contributed by atoms with Crippen molar-refractivity contribution in [3.05, 3.63) is 0 Å². The SMILES string of the molecule is NC(=O)[C@@H](N)CCC(=O)N1CCCCC1. The summed E-state index contributed by atoms with van der Waals surface area (Å²) in [6.45, 7) is 1.68. The molecule has 86 valence electrons. The van der Waals surface area contributed by atoms with Gasteiger partial charge in [0.25, 0.3) is 0 Å². The monoisotopic (exact) mass is 213 g/mol. The van der Waals surface area contributed by atoms with E-state index in [0.717, 1.165) is 25.9 Å². The van der Waals surface area contributed by atoms with E-state index < -0.39 is 11.9 Å². The van der Waals surface area contributed by atoms with Crippen LogP contribution in [0.2, 0.25) is 0 Å². The van der Waals surface area contributed by atoms with E-state index in [-0.39, 0.29) is 5.91 Å². The fraction of sp³-hybridized carbons (Fsp3) is 0.800. The number of likely N-dealkylation sites (tertiary alicyclic amines) is 1. The molecule has 1 atom stereocenters. The van der Waals surface area contributed by atoms with Gasteiger partial charge < -0.3 is 16.4 Å². The lowest BCUT2D eigenvalue weighted by Gasteiger charge is -2.26. The number of hydrogen-bond acceptors (Lipinski definition) is 3. The molecule has 1 aliphatic heterocycles. The third-order valence-corrected chi connectivity index (χ3v) is 2.74. The van der Waals surface area contributed by atoms with Gasteiger partial charge in [-0.25, -0.2) is 0 Å². The molecule has 0 aliphatic carbocycles. The summed E-state index contributed by atoms with van der Waals surface area (Å²) in [6, 6.07) is -0.696. The highest BCUT2D eigenvalue weighted by Crippen LogP contribution is 2.10. The Balaban J connectivity index is 2.25. The summed E-state index contributed by atoms with van der Waals surface area (Å²) >= 11 is 0. The lowest BCUT2D eigenvalue weighted by Crippen LogP contribution is -2.39. The van der Waals surface area contributed by atoms with Gasteiger partial charge in [0.1, 0.15) is 0 Å². The van der Waals surface area contributed by atoms with Crippen LogP contribution < -0.4 is 11.5 Å². The summed E-state index contributed by atoms with van der Waals surface area (Å²) in [5.41, 5.74) is 10.5. The first-order chi connectivity index (χ1) is 7.11. The van der Waals surface area contributed by atoms with Crippen LogP contribution >= 0.6 is 0 Å². The molecule has 15 heavy (non-hydrogen) atoms. The summed E-state index contributed by atoms with van der Waals surface area (Å²) in [7, 11) is 0. The molecule has 4 N–H and O–H groups in total. The van der Waals surface area contributed by atoms with E-state index >= 15 is 0 Å². The van der Waals surface area contributed by atoms with E-state index in [0.29, 0.717) is 12.8 Å². The summed E-state index contributed by atoms with van der Waals surface area (Å²) < 4.78 is 0. The number of nitrogens with zero attached hydrogens (tertiary/aromatic N) is 1. The van der Waals surface area contributed by atoms with Gasteiger partial charge in [-0.3, -0.25) is 9.59 Å². The number of nitrogens with two attached hydrogens (primary N) is 2. The van der Waals surface area contributed by atoms with Crippen LogP contribution in [0.3, 0.4) is 0 Å². The van der Waals surface area contributed by atoms with Crippen LogP contribution in [0.25, 0.3) is 0 Å². The molecule has 1 heterocycles. The first-order valence-corrected chi connectivity index (χ1v) is 5.44. The Hall–Kier alpha value is -1.10. The number of piperidine rings is 1. The molecule has 0 aromatic heterocycles. The van der Waals surface area contributed by atoms with Crippen molar-refractivity contribution >= 4 is 11.8 Å². The van der Waals surface area contributed by atoms with Crippen LogP contribution in [-0.2, 0) is 9.59 Å². The van der Waals surface area contributed by atoms with Crippen molar-refractivity contribution in [1.29, 1.82) is 0 Å². The third-order valence-electron chi connectivity index (χ3n) is 2.74. The molecule has 5 nitrogen and oxygen atoms in total. The van der Waals surface area contributed by atoms with Crippen molar-refractivity contribution in [2.75, 3.05) is 13.1 Å². The molecular formula is C10H19N3O2. The molecule has 1 rings (SSSR count). The Labute approximate surface area is 89.8 Å². The van der Waals surface area contributed by atoms with Crippen molar-refractivity contribution in [3.8, 4) is 0 Å². The van der Waals surface area contributed by atoms with E-state index in [2.05, 4.69) is 0 Å². The maximum atomic E-state index is 11.6. The molecule has 0 unspecified atom stereocenters. The second-order valence-electron chi connectivity index (χ2n) is 3.99. The minimum atomic E-state index is -0.696. The molecule has 1 saturated heterocycles. The molecule has 0 aromatic carbocycles. The van der Waals surface area contributed by atoms with Crippen molar-refractivity contribution < 1.29 is 9.59 Å². The average molecular weight is 213 g/mol. The first kappa shape index (κ1) is 12.0. The van der Waals surface area contributed by atoms with Crippen molar-refractivity contribution in [1.82, 2.24) is 4.90 Å². The maximum Gasteiger partial charge on any atom is 0.234 e. The zero-order valence-electron chi connectivity index (χ0n) is 8.95. The molecular weight excluding hydrogens is 194 g/mol. The third kappa shape index (κ3) is 3.87. The minimum absolute atomic E-state index is 0.0893. The fourth-order valence-electron chi connectivity index (χ4n) is 1.72. The molecule has 2 amide bonds. The number of carbonyl (C=O) groups is 2. The Morgan fingerprint density at radius 3 is 2.33 bits per heavy atom. The van der Waals surface area contributed by atoms with E-state index in [9.17, 15) is 9.59 Å². The van der Waals surface area contributed by atoms with E-state index in [1.165, 1.54) is 6.42 Å². The lowest BCUT2D eigenvalue weighted by molar-refractivity contribution is -0.132. The summed E-state index contributed by atoms with van der Waals surface area (Å²) in [4.78, 5) is 24.1. The normalized spacial score (nSPS) is 18.6. The Bertz CT molecular complexity index is 237. The summed E-state index contributed by atoms with van der Waals surface area (Å²) in [5, 5.41) is 0. The highest BCUT2D eigenvalue weighted by molar-refractivity contribution is 5.81. The second kappa shape index (κ2) is 5.70. The maximum absolute atomic E-state index is 11.6. The van der Waals surface area contributed by atoms with Gasteiger partial charge in [-0.1, -0.05) is 0 Å². The first-order valence-electron chi connectivity index (χ1n) is 5.44. The molecule has 0 aromatic rings. The summed E-state index contributed by atoms with van der Waals surface area (Å²) in [5.74, 6) is -0.451. The van der Waals surface area contributed by atoms with Gasteiger partial charge in [0, 0.05) is 19.5 Å². The lowest BCUT2D eigenvalue weighted by atomic mass is 10.1. The van der Waals surface area contributed by atoms with E-state index in [4.69, 9.17) is 11.5 Å². The fourth-order valence-corrected chi connectivity index (χ4v) is 1.72. The van der Waals surface area contributed by atoms with Crippen LogP contribution in [0.4, 0.5) is 0 Å². The standard InChI is InChI=1S/C10H19N3O2/c11-8(10(12)15)4-5-9(14)13-6-2-1-3-7-13/h8H,1-7,11H2,(H2,12,15)/t8-/m0/s1. The molecule has 1 fully saturated rings. The molecule has 0 spiro atoms. The number of rotatable bonds is 4. The smallest absolute Gasteiger partial charge is 0.234 e. The van der Waals surface area contributed by atoms with Gasteiger partial charge in [0.15, 0.2) is 0 Å². The highest BCUT2D eigenvalue weighted by atomic mass is 16.2. The van der Waals surface area contributed by atoms with Gasteiger partial charge in [-0.05, 0) is 25.7 Å². The number of hydrogen-bond donors (Lipinski definition) is 2. The number of primary amides is 1. The van der Waals surface area contributed by atoms with Gasteiger partial charge in [0.05, 0.1) is 6.04 Å². The van der Waals surface area contributed by atoms with Crippen molar-refractivity contribution in [2.24, 2.45) is 11.5 Å². The number of carbonyl (C=O) groups excluding carboxylic acids is 2. The molecule has 5 heteroatoms. The van der Waals surface area contributed by atoms with Gasteiger partial charge in [0.2, 0.25) is 11.8 Å². The Morgan fingerprint density at radius 2 is 1.80 bits per heavy atom. The van der Waals surface area contributed by atoms with Gasteiger partial charge >= 0.3 is 0 Å². The Morgan fingerprint density at radius 1 is 1.20 bits per heavy atom. The molecule has 0 radical (unpaired) electrons. The average Bonchev–Trinajstić information content (AvgIpc) is 2.26. The quantitative estimate of drug-likeness (QED) is 0.665. The number of amides is 2. The largest absolute Gasteiger partial charge is 0.368 e. The van der Waals surface area contributed by atoms with Crippen LogP contribution in [0, 0.1) is 0 Å². The van der Waals surface area contributed by atoms with E-state index in [1.807, 2.05) is 4.90 Å². The van der Waals surface area contributed by atoms with Crippen molar-refractivity contribution in [3.63, 3.8) is 0 Å². The minimum Gasteiger partial charge on any atom is -0.368 e. The molecule has 1 aliphatic rings. The van der Waals surface area contributed by atoms with Crippen molar-refractivity contribution in [2.45, 2.75) is 38.1 Å².